The molecule has 3 heteroatoms. The Morgan fingerprint density at radius 1 is 0.941 bits per heavy atom. The number of hydrogen-bond acceptors (Lipinski definition) is 1. The third kappa shape index (κ3) is 1.53. The van der Waals surface area contributed by atoms with E-state index in [0.29, 0.717) is 5.56 Å². The van der Waals surface area contributed by atoms with Crippen LogP contribution in [-0.4, -0.2) is 5.91 Å². The van der Waals surface area contributed by atoms with E-state index < -0.39 is 5.50 Å². The number of para-hydroxylation sites is 1. The van der Waals surface area contributed by atoms with Crippen LogP contribution in [0.15, 0.2) is 54.6 Å². The first-order chi connectivity index (χ1) is 8.29. The number of alkyl halides is 1. The van der Waals surface area contributed by atoms with E-state index in [-0.39, 0.29) is 5.91 Å². The van der Waals surface area contributed by atoms with Crippen molar-refractivity contribution >= 4 is 23.2 Å². The molecule has 2 aromatic carbocycles. The summed E-state index contributed by atoms with van der Waals surface area (Å²) in [5, 5.41) is 0. The largest absolute Gasteiger partial charge is 0.287 e. The van der Waals surface area contributed by atoms with Crippen LogP contribution in [0.3, 0.4) is 0 Å². The number of amides is 1. The maximum atomic E-state index is 12.2. The van der Waals surface area contributed by atoms with Gasteiger partial charge in [-0.3, -0.25) is 9.69 Å². The minimum atomic E-state index is -0.416. The number of carbonyl (C=O) groups excluding carboxylic acids is 1. The quantitative estimate of drug-likeness (QED) is 0.554. The Bertz CT molecular complexity index is 567. The molecule has 0 fully saturated rings. The number of fused-ring (bicyclic) bond motifs is 1. The number of halogens is 1. The molecule has 0 saturated carbocycles. The maximum Gasteiger partial charge on any atom is 0.260 e. The van der Waals surface area contributed by atoms with Crippen LogP contribution in [0.25, 0.3) is 0 Å². The van der Waals surface area contributed by atoms with Crippen LogP contribution >= 0.6 is 11.6 Å². The molecule has 2 nitrogen and oxygen atoms in total. The van der Waals surface area contributed by atoms with Gasteiger partial charge in [0, 0.05) is 16.8 Å². The molecule has 0 aromatic heterocycles. The summed E-state index contributed by atoms with van der Waals surface area (Å²) < 4.78 is 0. The molecule has 3 rings (SSSR count). The summed E-state index contributed by atoms with van der Waals surface area (Å²) in [5.74, 6) is -0.0354. The van der Waals surface area contributed by atoms with Gasteiger partial charge in [0.15, 0.2) is 0 Å². The van der Waals surface area contributed by atoms with Crippen LogP contribution in [0.5, 0.6) is 0 Å². The molecule has 1 heterocycles. The van der Waals surface area contributed by atoms with Crippen molar-refractivity contribution < 1.29 is 4.79 Å². The van der Waals surface area contributed by atoms with Gasteiger partial charge in [-0.2, -0.15) is 0 Å². The predicted molar refractivity (Wildman–Crippen MR) is 68.3 cm³/mol. The summed E-state index contributed by atoms with van der Waals surface area (Å²) in [6.45, 7) is 0. The van der Waals surface area contributed by atoms with Gasteiger partial charge in [0.1, 0.15) is 5.50 Å². The van der Waals surface area contributed by atoms with Crippen molar-refractivity contribution in [3.05, 3.63) is 65.7 Å². The molecule has 1 atom stereocenters. The van der Waals surface area contributed by atoms with E-state index in [9.17, 15) is 4.79 Å². The van der Waals surface area contributed by atoms with Gasteiger partial charge in [-0.05, 0) is 18.2 Å². The Morgan fingerprint density at radius 3 is 2.29 bits per heavy atom. The standard InChI is InChI=1S/C14H10ClNO/c15-13-11-8-4-5-9-12(11)14(17)16(13)10-6-2-1-3-7-10/h1-9,13H. The van der Waals surface area contributed by atoms with Gasteiger partial charge in [-0.25, -0.2) is 0 Å². The normalized spacial score (nSPS) is 18.3. The van der Waals surface area contributed by atoms with Gasteiger partial charge in [-0.1, -0.05) is 48.0 Å². The molecule has 0 saturated heterocycles. The van der Waals surface area contributed by atoms with Crippen molar-refractivity contribution in [1.82, 2.24) is 0 Å². The number of hydrogen-bond donors (Lipinski definition) is 0. The number of nitrogens with zero attached hydrogens (tertiary/aromatic N) is 1. The van der Waals surface area contributed by atoms with Gasteiger partial charge in [0.25, 0.3) is 5.91 Å². The fourth-order valence-corrected chi connectivity index (χ4v) is 2.50. The molecule has 1 amide bonds. The van der Waals surface area contributed by atoms with Gasteiger partial charge >= 0.3 is 0 Å². The third-order valence-electron chi connectivity index (χ3n) is 2.93. The topological polar surface area (TPSA) is 20.3 Å². The van der Waals surface area contributed by atoms with Gasteiger partial charge in [0.05, 0.1) is 0 Å². The first-order valence-corrected chi connectivity index (χ1v) is 5.84. The molecular weight excluding hydrogens is 234 g/mol. The van der Waals surface area contributed by atoms with Crippen molar-refractivity contribution in [1.29, 1.82) is 0 Å². The summed E-state index contributed by atoms with van der Waals surface area (Å²) in [7, 11) is 0. The Kier molecular flexibility index (Phi) is 2.37. The van der Waals surface area contributed by atoms with E-state index in [1.165, 1.54) is 0 Å². The second-order valence-electron chi connectivity index (χ2n) is 3.93. The minimum absolute atomic E-state index is 0.0354. The number of anilines is 1. The van der Waals surface area contributed by atoms with Crippen molar-refractivity contribution in [3.63, 3.8) is 0 Å². The zero-order valence-corrected chi connectivity index (χ0v) is 9.76. The van der Waals surface area contributed by atoms with E-state index in [0.717, 1.165) is 11.3 Å². The Morgan fingerprint density at radius 2 is 1.59 bits per heavy atom. The highest BCUT2D eigenvalue weighted by Crippen LogP contribution is 2.39. The third-order valence-corrected chi connectivity index (χ3v) is 3.36. The summed E-state index contributed by atoms with van der Waals surface area (Å²) >= 11 is 6.34. The molecule has 84 valence electrons. The molecule has 1 aliphatic rings. The number of benzene rings is 2. The van der Waals surface area contributed by atoms with E-state index >= 15 is 0 Å². The van der Waals surface area contributed by atoms with Crippen molar-refractivity contribution in [2.24, 2.45) is 0 Å². The van der Waals surface area contributed by atoms with Crippen LogP contribution in [0.4, 0.5) is 5.69 Å². The Balaban J connectivity index is 2.10. The molecular formula is C14H10ClNO. The van der Waals surface area contributed by atoms with Crippen molar-refractivity contribution in [3.8, 4) is 0 Å². The molecule has 1 aliphatic heterocycles. The van der Waals surface area contributed by atoms with Gasteiger partial charge < -0.3 is 0 Å². The molecule has 0 spiro atoms. The van der Waals surface area contributed by atoms with E-state index in [2.05, 4.69) is 0 Å². The van der Waals surface area contributed by atoms with Gasteiger partial charge in [0.2, 0.25) is 0 Å². The van der Waals surface area contributed by atoms with Crippen LogP contribution < -0.4 is 4.90 Å². The average Bonchev–Trinajstić information content (AvgIpc) is 2.64. The summed E-state index contributed by atoms with van der Waals surface area (Å²) in [5.41, 5.74) is 1.98. The fraction of sp³-hybridized carbons (Fsp3) is 0.0714. The highest BCUT2D eigenvalue weighted by atomic mass is 35.5. The Labute approximate surface area is 104 Å². The molecule has 0 aliphatic carbocycles. The monoisotopic (exact) mass is 243 g/mol. The molecule has 17 heavy (non-hydrogen) atoms. The SMILES string of the molecule is O=C1c2ccccc2C(Cl)N1c1ccccc1. The average molecular weight is 244 g/mol. The lowest BCUT2D eigenvalue weighted by Gasteiger charge is -2.20. The lowest BCUT2D eigenvalue weighted by Crippen LogP contribution is -2.24. The summed E-state index contributed by atoms with van der Waals surface area (Å²) in [4.78, 5) is 13.9. The van der Waals surface area contributed by atoms with E-state index in [1.807, 2.05) is 54.6 Å². The maximum absolute atomic E-state index is 12.2. The molecule has 0 radical (unpaired) electrons. The smallest absolute Gasteiger partial charge is 0.260 e. The second-order valence-corrected chi connectivity index (χ2v) is 4.35. The number of rotatable bonds is 1. The fourth-order valence-electron chi connectivity index (χ4n) is 2.11. The molecule has 2 aromatic rings. The lowest BCUT2D eigenvalue weighted by molar-refractivity contribution is 0.0996. The zero-order chi connectivity index (χ0) is 11.8. The summed E-state index contributed by atoms with van der Waals surface area (Å²) in [6, 6.07) is 17.0. The molecule has 0 bridgehead atoms. The van der Waals surface area contributed by atoms with E-state index in [4.69, 9.17) is 11.6 Å². The second kappa shape index (κ2) is 3.90. The van der Waals surface area contributed by atoms with Crippen LogP contribution in [0, 0.1) is 0 Å². The van der Waals surface area contributed by atoms with E-state index in [1.54, 1.807) is 4.90 Å². The molecule has 1 unspecified atom stereocenters. The number of carbonyl (C=O) groups is 1. The zero-order valence-electron chi connectivity index (χ0n) is 9.01. The highest BCUT2D eigenvalue weighted by molar-refractivity contribution is 6.29. The van der Waals surface area contributed by atoms with Crippen LogP contribution in [0.1, 0.15) is 21.4 Å². The van der Waals surface area contributed by atoms with Crippen LogP contribution in [0.2, 0.25) is 0 Å². The summed E-state index contributed by atoms with van der Waals surface area (Å²) in [6.07, 6.45) is 0. The van der Waals surface area contributed by atoms with Crippen LogP contribution in [-0.2, 0) is 0 Å². The van der Waals surface area contributed by atoms with Crippen molar-refractivity contribution in [2.45, 2.75) is 5.50 Å². The van der Waals surface area contributed by atoms with Gasteiger partial charge in [-0.15, -0.1) is 0 Å². The Hall–Kier alpha value is -1.80. The first kappa shape index (κ1) is 10.4. The lowest BCUT2D eigenvalue weighted by atomic mass is 10.1. The first-order valence-electron chi connectivity index (χ1n) is 5.40. The highest BCUT2D eigenvalue weighted by Gasteiger charge is 2.35. The van der Waals surface area contributed by atoms with Crippen molar-refractivity contribution in [2.75, 3.05) is 4.90 Å². The molecule has 0 N–H and O–H groups in total. The minimum Gasteiger partial charge on any atom is -0.287 e. The predicted octanol–water partition coefficient (Wildman–Crippen LogP) is 3.58.